The first-order chi connectivity index (χ1) is 7.54. The van der Waals surface area contributed by atoms with Gasteiger partial charge in [-0.05, 0) is 40.5 Å². The number of aliphatic hydroxyl groups excluding tert-OH is 1. The molecule has 0 bridgehead atoms. The van der Waals surface area contributed by atoms with E-state index in [2.05, 4.69) is 15.9 Å². The summed E-state index contributed by atoms with van der Waals surface area (Å²) >= 11 is 4.96. The van der Waals surface area contributed by atoms with E-state index in [9.17, 15) is 4.79 Å². The van der Waals surface area contributed by atoms with Crippen LogP contribution in [0.2, 0.25) is 0 Å². The highest BCUT2D eigenvalue weighted by molar-refractivity contribution is 9.10. The van der Waals surface area contributed by atoms with E-state index in [1.807, 2.05) is 6.92 Å². The summed E-state index contributed by atoms with van der Waals surface area (Å²) in [5.74, 6) is -0.930. The third-order valence-corrected chi connectivity index (χ3v) is 4.21. The van der Waals surface area contributed by atoms with E-state index in [1.54, 1.807) is 30.0 Å². The van der Waals surface area contributed by atoms with Gasteiger partial charge in [-0.15, -0.1) is 11.8 Å². The lowest BCUT2D eigenvalue weighted by molar-refractivity contribution is 0.0696. The van der Waals surface area contributed by atoms with Crippen molar-refractivity contribution in [3.63, 3.8) is 0 Å². The van der Waals surface area contributed by atoms with E-state index < -0.39 is 5.97 Å². The minimum Gasteiger partial charge on any atom is -0.478 e. The maximum atomic E-state index is 10.7. The molecular weight excluding hydrogens is 292 g/mol. The second kappa shape index (κ2) is 6.27. The summed E-state index contributed by atoms with van der Waals surface area (Å²) in [5, 5.41) is 17.9. The van der Waals surface area contributed by atoms with Crippen LogP contribution in [0, 0.1) is 0 Å². The molecule has 0 aliphatic carbocycles. The van der Waals surface area contributed by atoms with Gasteiger partial charge in [-0.3, -0.25) is 0 Å². The molecule has 1 unspecified atom stereocenters. The maximum Gasteiger partial charge on any atom is 0.335 e. The van der Waals surface area contributed by atoms with Crippen LogP contribution in [0.4, 0.5) is 0 Å². The molecule has 0 spiro atoms. The first-order valence-electron chi connectivity index (χ1n) is 4.85. The number of thioether (sulfide) groups is 1. The molecule has 1 atom stereocenters. The number of carboxylic acids is 1. The van der Waals surface area contributed by atoms with E-state index in [1.165, 1.54) is 0 Å². The SMILES string of the molecule is CC(CCO)Sc1ccc(C(=O)O)cc1Br. The Morgan fingerprint density at radius 1 is 1.56 bits per heavy atom. The molecule has 0 amide bonds. The van der Waals surface area contributed by atoms with Gasteiger partial charge in [0.25, 0.3) is 0 Å². The highest BCUT2D eigenvalue weighted by Gasteiger charge is 2.10. The van der Waals surface area contributed by atoms with Gasteiger partial charge in [0, 0.05) is 21.2 Å². The molecule has 88 valence electrons. The fraction of sp³-hybridized carbons (Fsp3) is 0.364. The monoisotopic (exact) mass is 304 g/mol. The topological polar surface area (TPSA) is 57.5 Å². The lowest BCUT2D eigenvalue weighted by Gasteiger charge is -2.11. The second-order valence-corrected chi connectivity index (χ2v) is 5.73. The lowest BCUT2D eigenvalue weighted by Crippen LogP contribution is -2.00. The van der Waals surface area contributed by atoms with Gasteiger partial charge >= 0.3 is 5.97 Å². The van der Waals surface area contributed by atoms with Crippen LogP contribution < -0.4 is 0 Å². The predicted octanol–water partition coefficient (Wildman–Crippen LogP) is 3.01. The number of benzene rings is 1. The predicted molar refractivity (Wildman–Crippen MR) is 68.1 cm³/mol. The number of rotatable bonds is 5. The Hall–Kier alpha value is -0.520. The average molecular weight is 305 g/mol. The van der Waals surface area contributed by atoms with Gasteiger partial charge in [0.15, 0.2) is 0 Å². The fourth-order valence-electron chi connectivity index (χ4n) is 1.19. The van der Waals surface area contributed by atoms with E-state index >= 15 is 0 Å². The molecule has 0 heterocycles. The average Bonchev–Trinajstić information content (AvgIpc) is 2.21. The van der Waals surface area contributed by atoms with E-state index in [0.717, 1.165) is 15.8 Å². The van der Waals surface area contributed by atoms with E-state index in [0.29, 0.717) is 5.25 Å². The van der Waals surface area contributed by atoms with Crippen LogP contribution in [0.1, 0.15) is 23.7 Å². The Kier molecular flexibility index (Phi) is 5.31. The molecule has 1 aromatic rings. The van der Waals surface area contributed by atoms with Crippen LogP contribution in [0.25, 0.3) is 0 Å². The summed E-state index contributed by atoms with van der Waals surface area (Å²) in [5.41, 5.74) is 0.269. The molecule has 0 saturated carbocycles. The Morgan fingerprint density at radius 3 is 2.75 bits per heavy atom. The fourth-order valence-corrected chi connectivity index (χ4v) is 2.82. The lowest BCUT2D eigenvalue weighted by atomic mass is 10.2. The number of aromatic carboxylic acids is 1. The van der Waals surface area contributed by atoms with Crippen molar-refractivity contribution in [2.24, 2.45) is 0 Å². The summed E-state index contributed by atoms with van der Waals surface area (Å²) < 4.78 is 0.780. The third kappa shape index (κ3) is 3.81. The van der Waals surface area contributed by atoms with Crippen molar-refractivity contribution < 1.29 is 15.0 Å². The van der Waals surface area contributed by atoms with Crippen molar-refractivity contribution in [3.05, 3.63) is 28.2 Å². The standard InChI is InChI=1S/C11H13BrO3S/c1-7(4-5-13)16-10-3-2-8(11(14)15)6-9(10)12/h2-3,6-7,13H,4-5H2,1H3,(H,14,15). The molecular formula is C11H13BrO3S. The summed E-state index contributed by atoms with van der Waals surface area (Å²) in [6, 6.07) is 4.96. The Bertz CT molecular complexity index is 381. The molecule has 0 aromatic heterocycles. The highest BCUT2D eigenvalue weighted by Crippen LogP contribution is 2.32. The number of hydrogen-bond acceptors (Lipinski definition) is 3. The first-order valence-corrected chi connectivity index (χ1v) is 6.52. The minimum absolute atomic E-state index is 0.166. The summed E-state index contributed by atoms with van der Waals surface area (Å²) in [4.78, 5) is 11.7. The van der Waals surface area contributed by atoms with Crippen LogP contribution in [0.5, 0.6) is 0 Å². The van der Waals surface area contributed by atoms with Crippen LogP contribution in [0.15, 0.2) is 27.6 Å². The largest absolute Gasteiger partial charge is 0.478 e. The van der Waals surface area contributed by atoms with Crippen LogP contribution in [-0.4, -0.2) is 28.0 Å². The number of carbonyl (C=O) groups is 1. The molecule has 5 heteroatoms. The Balaban J connectivity index is 2.79. The molecule has 0 radical (unpaired) electrons. The smallest absolute Gasteiger partial charge is 0.335 e. The molecule has 0 saturated heterocycles. The number of halogens is 1. The number of hydrogen-bond donors (Lipinski definition) is 2. The number of aliphatic hydroxyl groups is 1. The maximum absolute atomic E-state index is 10.7. The minimum atomic E-state index is -0.930. The first kappa shape index (κ1) is 13.5. The van der Waals surface area contributed by atoms with E-state index in [-0.39, 0.29) is 12.2 Å². The zero-order valence-corrected chi connectivity index (χ0v) is 11.2. The molecule has 0 aliphatic heterocycles. The van der Waals surface area contributed by atoms with Crippen molar-refractivity contribution in [1.29, 1.82) is 0 Å². The molecule has 0 fully saturated rings. The van der Waals surface area contributed by atoms with Gasteiger partial charge < -0.3 is 10.2 Å². The quantitative estimate of drug-likeness (QED) is 0.821. The molecule has 1 rings (SSSR count). The molecule has 2 N–H and O–H groups in total. The Morgan fingerprint density at radius 2 is 2.25 bits per heavy atom. The van der Waals surface area contributed by atoms with Gasteiger partial charge in [-0.2, -0.15) is 0 Å². The number of carboxylic acid groups (broad SMARTS) is 1. The molecule has 1 aromatic carbocycles. The Labute approximate surface area is 107 Å². The molecule has 0 aliphatic rings. The van der Waals surface area contributed by atoms with Crippen molar-refractivity contribution in [1.82, 2.24) is 0 Å². The van der Waals surface area contributed by atoms with Crippen molar-refractivity contribution in [3.8, 4) is 0 Å². The van der Waals surface area contributed by atoms with Crippen LogP contribution in [-0.2, 0) is 0 Å². The molecule has 16 heavy (non-hydrogen) atoms. The van der Waals surface area contributed by atoms with Gasteiger partial charge in [-0.1, -0.05) is 6.92 Å². The molecule has 3 nitrogen and oxygen atoms in total. The van der Waals surface area contributed by atoms with Crippen molar-refractivity contribution >= 4 is 33.7 Å². The van der Waals surface area contributed by atoms with Gasteiger partial charge in [-0.25, -0.2) is 4.79 Å². The van der Waals surface area contributed by atoms with Gasteiger partial charge in [0.1, 0.15) is 0 Å². The zero-order valence-electron chi connectivity index (χ0n) is 8.81. The summed E-state index contributed by atoms with van der Waals surface area (Å²) in [7, 11) is 0. The zero-order chi connectivity index (χ0) is 12.1. The van der Waals surface area contributed by atoms with Crippen molar-refractivity contribution in [2.75, 3.05) is 6.61 Å². The van der Waals surface area contributed by atoms with E-state index in [4.69, 9.17) is 10.2 Å². The van der Waals surface area contributed by atoms with Crippen LogP contribution in [0.3, 0.4) is 0 Å². The second-order valence-electron chi connectivity index (χ2n) is 3.39. The third-order valence-electron chi connectivity index (χ3n) is 2.04. The van der Waals surface area contributed by atoms with Crippen molar-refractivity contribution in [2.45, 2.75) is 23.5 Å². The highest BCUT2D eigenvalue weighted by atomic mass is 79.9. The summed E-state index contributed by atoms with van der Waals surface area (Å²) in [6.45, 7) is 2.19. The normalized spacial score (nSPS) is 12.4. The van der Waals surface area contributed by atoms with Crippen LogP contribution >= 0.6 is 27.7 Å². The summed E-state index contributed by atoms with van der Waals surface area (Å²) in [6.07, 6.45) is 0.720. The van der Waals surface area contributed by atoms with Gasteiger partial charge in [0.05, 0.1) is 5.56 Å². The van der Waals surface area contributed by atoms with Gasteiger partial charge in [0.2, 0.25) is 0 Å².